The Kier molecular flexibility index (Phi) is 5.09. The van der Waals surface area contributed by atoms with Gasteiger partial charge in [-0.15, -0.1) is 0 Å². The highest BCUT2D eigenvalue weighted by Crippen LogP contribution is 2.26. The smallest absolute Gasteiger partial charge is 0.159 e. The molecule has 0 spiro atoms. The van der Waals surface area contributed by atoms with Gasteiger partial charge in [0.1, 0.15) is 0 Å². The van der Waals surface area contributed by atoms with E-state index < -0.39 is 17.2 Å². The third kappa shape index (κ3) is 3.49. The standard InChI is InChI=1S/C17H23F2NO/c1-3-17(2,20-9-5-4-6-10-20)16(21)12-13-7-8-14(18)15(19)11-13/h7-8,11H,3-6,9-10,12H2,1-2H3. The number of hydrogen-bond donors (Lipinski definition) is 0. The van der Waals surface area contributed by atoms with Crippen LogP contribution in [0.5, 0.6) is 0 Å². The Bertz CT molecular complexity index is 512. The van der Waals surface area contributed by atoms with E-state index >= 15 is 0 Å². The Morgan fingerprint density at radius 2 is 1.86 bits per heavy atom. The van der Waals surface area contributed by atoms with E-state index in [0.29, 0.717) is 5.56 Å². The molecule has 1 saturated heterocycles. The minimum Gasteiger partial charge on any atom is -0.297 e. The maximum absolute atomic E-state index is 13.3. The Hall–Kier alpha value is -1.29. The number of likely N-dealkylation sites (tertiary alicyclic amines) is 1. The monoisotopic (exact) mass is 295 g/mol. The van der Waals surface area contributed by atoms with E-state index in [-0.39, 0.29) is 12.2 Å². The summed E-state index contributed by atoms with van der Waals surface area (Å²) in [5, 5.41) is 0. The summed E-state index contributed by atoms with van der Waals surface area (Å²) < 4.78 is 26.2. The van der Waals surface area contributed by atoms with Gasteiger partial charge in [0, 0.05) is 6.42 Å². The molecule has 1 aliphatic rings. The number of benzene rings is 1. The lowest BCUT2D eigenvalue weighted by atomic mass is 9.86. The maximum atomic E-state index is 13.3. The van der Waals surface area contributed by atoms with Crippen LogP contribution in [0.15, 0.2) is 18.2 Å². The summed E-state index contributed by atoms with van der Waals surface area (Å²) in [7, 11) is 0. The van der Waals surface area contributed by atoms with E-state index in [0.717, 1.165) is 44.5 Å². The molecule has 1 atom stereocenters. The molecular weight excluding hydrogens is 272 g/mol. The van der Waals surface area contributed by atoms with Gasteiger partial charge in [-0.1, -0.05) is 19.4 Å². The molecule has 2 nitrogen and oxygen atoms in total. The summed E-state index contributed by atoms with van der Waals surface area (Å²) in [6.45, 7) is 5.86. The molecule has 1 aromatic carbocycles. The van der Waals surface area contributed by atoms with Crippen molar-refractivity contribution in [2.75, 3.05) is 13.1 Å². The molecule has 116 valence electrons. The van der Waals surface area contributed by atoms with Crippen LogP contribution in [0.25, 0.3) is 0 Å². The predicted octanol–water partition coefficient (Wildman–Crippen LogP) is 3.73. The molecule has 0 N–H and O–H groups in total. The van der Waals surface area contributed by atoms with Crippen molar-refractivity contribution in [3.8, 4) is 0 Å². The summed E-state index contributed by atoms with van der Waals surface area (Å²) in [5.41, 5.74) is 0.0289. The van der Waals surface area contributed by atoms with Crippen LogP contribution >= 0.6 is 0 Å². The van der Waals surface area contributed by atoms with Crippen molar-refractivity contribution >= 4 is 5.78 Å². The first-order valence-corrected chi connectivity index (χ1v) is 7.69. The first kappa shape index (κ1) is 16.1. The molecular formula is C17H23F2NO. The third-order valence-electron chi connectivity index (χ3n) is 4.69. The molecule has 1 aliphatic heterocycles. The van der Waals surface area contributed by atoms with Crippen molar-refractivity contribution < 1.29 is 13.6 Å². The molecule has 0 bridgehead atoms. The SMILES string of the molecule is CCC(C)(C(=O)Cc1ccc(F)c(F)c1)N1CCCCC1. The van der Waals surface area contributed by atoms with Crippen LogP contribution in [0.1, 0.15) is 45.1 Å². The zero-order chi connectivity index (χ0) is 15.5. The second-order valence-corrected chi connectivity index (χ2v) is 6.02. The van der Waals surface area contributed by atoms with Crippen LogP contribution in [0.3, 0.4) is 0 Å². The topological polar surface area (TPSA) is 20.3 Å². The van der Waals surface area contributed by atoms with Gasteiger partial charge >= 0.3 is 0 Å². The van der Waals surface area contributed by atoms with E-state index in [1.165, 1.54) is 12.5 Å². The minimum absolute atomic E-state index is 0.0814. The van der Waals surface area contributed by atoms with Gasteiger partial charge in [0.15, 0.2) is 17.4 Å². The average Bonchev–Trinajstić information content (AvgIpc) is 2.51. The summed E-state index contributed by atoms with van der Waals surface area (Å²) in [5.74, 6) is -1.69. The fourth-order valence-corrected chi connectivity index (χ4v) is 3.01. The molecule has 0 aromatic heterocycles. The zero-order valence-corrected chi connectivity index (χ0v) is 12.8. The first-order valence-electron chi connectivity index (χ1n) is 7.69. The summed E-state index contributed by atoms with van der Waals surface area (Å²) >= 11 is 0. The van der Waals surface area contributed by atoms with Gasteiger partial charge in [-0.3, -0.25) is 9.69 Å². The fraction of sp³-hybridized carbons (Fsp3) is 0.588. The molecule has 1 fully saturated rings. The Morgan fingerprint density at radius 1 is 1.19 bits per heavy atom. The van der Waals surface area contributed by atoms with Crippen LogP contribution in [-0.2, 0) is 11.2 Å². The Labute approximate surface area is 125 Å². The van der Waals surface area contributed by atoms with Gasteiger partial charge in [0.05, 0.1) is 5.54 Å². The predicted molar refractivity (Wildman–Crippen MR) is 79.2 cm³/mol. The highest BCUT2D eigenvalue weighted by atomic mass is 19.2. The number of halogens is 2. The number of nitrogens with zero attached hydrogens (tertiary/aromatic N) is 1. The normalized spacial score (nSPS) is 19.2. The highest BCUT2D eigenvalue weighted by molar-refractivity contribution is 5.89. The fourth-order valence-electron chi connectivity index (χ4n) is 3.01. The lowest BCUT2D eigenvalue weighted by Gasteiger charge is -2.42. The van der Waals surface area contributed by atoms with Crippen LogP contribution in [-0.4, -0.2) is 29.3 Å². The number of piperidine rings is 1. The van der Waals surface area contributed by atoms with Gasteiger partial charge in [-0.05, 0) is 57.0 Å². The second kappa shape index (κ2) is 6.65. The largest absolute Gasteiger partial charge is 0.297 e. The highest BCUT2D eigenvalue weighted by Gasteiger charge is 2.37. The van der Waals surface area contributed by atoms with Crippen molar-refractivity contribution in [1.29, 1.82) is 0 Å². The van der Waals surface area contributed by atoms with E-state index in [9.17, 15) is 13.6 Å². The minimum atomic E-state index is -0.892. The van der Waals surface area contributed by atoms with Crippen LogP contribution in [0.4, 0.5) is 8.78 Å². The number of carbonyl (C=O) groups excluding carboxylic acids is 1. The molecule has 1 aromatic rings. The van der Waals surface area contributed by atoms with Gasteiger partial charge in [0.25, 0.3) is 0 Å². The van der Waals surface area contributed by atoms with Crippen molar-refractivity contribution in [2.24, 2.45) is 0 Å². The average molecular weight is 295 g/mol. The number of hydrogen-bond acceptors (Lipinski definition) is 2. The summed E-state index contributed by atoms with van der Waals surface area (Å²) in [6, 6.07) is 3.70. The third-order valence-corrected chi connectivity index (χ3v) is 4.69. The summed E-state index contributed by atoms with van der Waals surface area (Å²) in [6.07, 6.45) is 4.34. The van der Waals surface area contributed by atoms with Crippen molar-refractivity contribution in [1.82, 2.24) is 4.90 Å². The molecule has 2 rings (SSSR count). The molecule has 1 heterocycles. The Balaban J connectivity index is 2.13. The van der Waals surface area contributed by atoms with Crippen molar-refractivity contribution in [3.63, 3.8) is 0 Å². The van der Waals surface area contributed by atoms with Crippen molar-refractivity contribution in [3.05, 3.63) is 35.4 Å². The van der Waals surface area contributed by atoms with Gasteiger partial charge in [-0.2, -0.15) is 0 Å². The van der Waals surface area contributed by atoms with Gasteiger partial charge in [0.2, 0.25) is 0 Å². The molecule has 0 radical (unpaired) electrons. The summed E-state index contributed by atoms with van der Waals surface area (Å²) in [4.78, 5) is 15.0. The van der Waals surface area contributed by atoms with Crippen LogP contribution in [0.2, 0.25) is 0 Å². The van der Waals surface area contributed by atoms with E-state index in [1.54, 1.807) is 0 Å². The maximum Gasteiger partial charge on any atom is 0.159 e. The molecule has 1 unspecified atom stereocenters. The number of rotatable bonds is 5. The van der Waals surface area contributed by atoms with Gasteiger partial charge < -0.3 is 0 Å². The molecule has 0 saturated carbocycles. The second-order valence-electron chi connectivity index (χ2n) is 6.02. The van der Waals surface area contributed by atoms with Crippen LogP contribution < -0.4 is 0 Å². The molecule has 0 amide bonds. The molecule has 0 aliphatic carbocycles. The van der Waals surface area contributed by atoms with Crippen LogP contribution in [0, 0.1) is 11.6 Å². The number of Topliss-reactive ketones (excluding diaryl/α,β-unsaturated/α-hetero) is 1. The van der Waals surface area contributed by atoms with E-state index in [1.807, 2.05) is 13.8 Å². The lowest BCUT2D eigenvalue weighted by molar-refractivity contribution is -0.130. The molecule has 21 heavy (non-hydrogen) atoms. The number of ketones is 1. The zero-order valence-electron chi connectivity index (χ0n) is 12.8. The van der Waals surface area contributed by atoms with E-state index in [4.69, 9.17) is 0 Å². The quantitative estimate of drug-likeness (QED) is 0.825. The Morgan fingerprint density at radius 3 is 2.43 bits per heavy atom. The molecule has 4 heteroatoms. The number of carbonyl (C=O) groups is 1. The van der Waals surface area contributed by atoms with Gasteiger partial charge in [-0.25, -0.2) is 8.78 Å². The lowest BCUT2D eigenvalue weighted by Crippen LogP contribution is -2.54. The van der Waals surface area contributed by atoms with E-state index in [2.05, 4.69) is 4.90 Å². The first-order chi connectivity index (χ1) is 9.97. The van der Waals surface area contributed by atoms with Crippen molar-refractivity contribution in [2.45, 2.75) is 51.5 Å².